The Morgan fingerprint density at radius 2 is 2.06 bits per heavy atom. The first-order valence-electron chi connectivity index (χ1n) is 6.21. The van der Waals surface area contributed by atoms with E-state index in [4.69, 9.17) is 9.84 Å². The molecule has 0 aliphatic rings. The molecule has 0 heterocycles. The predicted molar refractivity (Wildman–Crippen MR) is 71.9 cm³/mol. The van der Waals surface area contributed by atoms with Crippen molar-refractivity contribution in [3.8, 4) is 5.75 Å². The van der Waals surface area contributed by atoms with Crippen LogP contribution in [0.2, 0.25) is 0 Å². The lowest BCUT2D eigenvalue weighted by Crippen LogP contribution is -2.03. The summed E-state index contributed by atoms with van der Waals surface area (Å²) in [5.41, 5.74) is 2.34. The summed E-state index contributed by atoms with van der Waals surface area (Å²) in [7, 11) is 1.70. The van der Waals surface area contributed by atoms with E-state index >= 15 is 0 Å². The second-order valence-electron chi connectivity index (χ2n) is 4.47. The van der Waals surface area contributed by atoms with Gasteiger partial charge in [0.2, 0.25) is 0 Å². The number of anilines is 1. The summed E-state index contributed by atoms with van der Waals surface area (Å²) in [4.78, 5) is 0. The van der Waals surface area contributed by atoms with Gasteiger partial charge in [-0.1, -0.05) is 13.8 Å². The van der Waals surface area contributed by atoms with Crippen LogP contribution < -0.4 is 10.1 Å². The molecule has 0 aliphatic heterocycles. The Morgan fingerprint density at radius 3 is 2.65 bits per heavy atom. The molecule has 3 heteroatoms. The van der Waals surface area contributed by atoms with E-state index < -0.39 is 0 Å². The Hall–Kier alpha value is -1.22. The van der Waals surface area contributed by atoms with E-state index in [0.29, 0.717) is 5.92 Å². The highest BCUT2D eigenvalue weighted by atomic mass is 16.5. The molecule has 1 aromatic rings. The number of hydrogen-bond acceptors (Lipinski definition) is 3. The van der Waals surface area contributed by atoms with Crippen molar-refractivity contribution in [3.63, 3.8) is 0 Å². The predicted octanol–water partition coefficient (Wildman–Crippen LogP) is 3.00. The molecule has 0 spiro atoms. The van der Waals surface area contributed by atoms with E-state index in [1.165, 1.54) is 5.56 Å². The molecule has 2 N–H and O–H groups in total. The maximum absolute atomic E-state index is 8.70. The second kappa shape index (κ2) is 7.17. The fourth-order valence-corrected chi connectivity index (χ4v) is 1.77. The van der Waals surface area contributed by atoms with Crippen LogP contribution in [0.3, 0.4) is 0 Å². The first kappa shape index (κ1) is 13.8. The van der Waals surface area contributed by atoms with Gasteiger partial charge in [-0.2, -0.15) is 0 Å². The van der Waals surface area contributed by atoms with Gasteiger partial charge >= 0.3 is 0 Å². The highest BCUT2D eigenvalue weighted by molar-refractivity contribution is 5.52. The number of nitrogens with one attached hydrogen (secondary N) is 1. The molecule has 0 bridgehead atoms. The monoisotopic (exact) mass is 237 g/mol. The number of ether oxygens (including phenoxy) is 1. The van der Waals surface area contributed by atoms with Crippen molar-refractivity contribution in [1.29, 1.82) is 0 Å². The third-order valence-corrected chi connectivity index (χ3v) is 2.77. The van der Waals surface area contributed by atoms with Crippen molar-refractivity contribution >= 4 is 5.69 Å². The molecular formula is C14H23NO2. The van der Waals surface area contributed by atoms with Crippen LogP contribution in [0.5, 0.6) is 5.75 Å². The number of unbranched alkanes of at least 4 members (excludes halogenated alkanes) is 1. The molecule has 1 aromatic carbocycles. The molecule has 96 valence electrons. The van der Waals surface area contributed by atoms with E-state index in [1.807, 2.05) is 12.1 Å². The van der Waals surface area contributed by atoms with Crippen molar-refractivity contribution in [2.75, 3.05) is 25.6 Å². The van der Waals surface area contributed by atoms with E-state index in [9.17, 15) is 0 Å². The van der Waals surface area contributed by atoms with Crippen LogP contribution in [-0.4, -0.2) is 25.4 Å². The van der Waals surface area contributed by atoms with Crippen LogP contribution in [0, 0.1) is 0 Å². The fourth-order valence-electron chi connectivity index (χ4n) is 1.77. The highest BCUT2D eigenvalue weighted by Crippen LogP contribution is 2.29. The van der Waals surface area contributed by atoms with Crippen LogP contribution in [0.1, 0.15) is 38.2 Å². The number of aliphatic hydroxyl groups is 1. The average Bonchev–Trinajstić information content (AvgIpc) is 2.34. The van der Waals surface area contributed by atoms with Crippen LogP contribution in [0.25, 0.3) is 0 Å². The van der Waals surface area contributed by atoms with E-state index in [0.717, 1.165) is 30.8 Å². The van der Waals surface area contributed by atoms with Crippen molar-refractivity contribution in [2.24, 2.45) is 0 Å². The molecule has 0 radical (unpaired) electrons. The van der Waals surface area contributed by atoms with Gasteiger partial charge in [0.25, 0.3) is 0 Å². The first-order chi connectivity index (χ1) is 8.19. The SMILES string of the molecule is COc1ccc(NCCCCO)cc1C(C)C. The van der Waals surface area contributed by atoms with Crippen molar-refractivity contribution in [1.82, 2.24) is 0 Å². The minimum Gasteiger partial charge on any atom is -0.496 e. The molecule has 0 amide bonds. The second-order valence-corrected chi connectivity index (χ2v) is 4.47. The van der Waals surface area contributed by atoms with Gasteiger partial charge in [0.15, 0.2) is 0 Å². The van der Waals surface area contributed by atoms with E-state index in [-0.39, 0.29) is 6.61 Å². The molecule has 0 aromatic heterocycles. The Labute approximate surface area is 104 Å². The molecule has 0 atom stereocenters. The van der Waals surface area contributed by atoms with Crippen molar-refractivity contribution in [3.05, 3.63) is 23.8 Å². The minimum atomic E-state index is 0.265. The average molecular weight is 237 g/mol. The Balaban J connectivity index is 2.64. The molecule has 0 aliphatic carbocycles. The molecule has 0 saturated heterocycles. The summed E-state index contributed by atoms with van der Waals surface area (Å²) in [6.07, 6.45) is 1.83. The number of aliphatic hydroxyl groups excluding tert-OH is 1. The van der Waals surface area contributed by atoms with Gasteiger partial charge in [-0.15, -0.1) is 0 Å². The molecule has 17 heavy (non-hydrogen) atoms. The molecule has 0 unspecified atom stereocenters. The van der Waals surface area contributed by atoms with E-state index in [1.54, 1.807) is 7.11 Å². The van der Waals surface area contributed by atoms with Gasteiger partial charge < -0.3 is 15.2 Å². The zero-order valence-electron chi connectivity index (χ0n) is 11.0. The summed E-state index contributed by atoms with van der Waals surface area (Å²) in [6, 6.07) is 6.18. The normalized spacial score (nSPS) is 10.6. The van der Waals surface area contributed by atoms with E-state index in [2.05, 4.69) is 25.2 Å². The van der Waals surface area contributed by atoms with Gasteiger partial charge in [-0.25, -0.2) is 0 Å². The molecule has 0 fully saturated rings. The third-order valence-electron chi connectivity index (χ3n) is 2.77. The smallest absolute Gasteiger partial charge is 0.122 e. The van der Waals surface area contributed by atoms with Crippen LogP contribution >= 0.6 is 0 Å². The maximum atomic E-state index is 8.70. The summed E-state index contributed by atoms with van der Waals surface area (Å²) >= 11 is 0. The van der Waals surface area contributed by atoms with Crippen molar-refractivity contribution < 1.29 is 9.84 Å². The minimum absolute atomic E-state index is 0.265. The zero-order valence-corrected chi connectivity index (χ0v) is 11.0. The maximum Gasteiger partial charge on any atom is 0.122 e. The van der Waals surface area contributed by atoms with Gasteiger partial charge in [-0.3, -0.25) is 0 Å². The number of rotatable bonds is 7. The fraction of sp³-hybridized carbons (Fsp3) is 0.571. The highest BCUT2D eigenvalue weighted by Gasteiger charge is 2.07. The Kier molecular flexibility index (Phi) is 5.84. The van der Waals surface area contributed by atoms with Gasteiger partial charge in [-0.05, 0) is 42.5 Å². The quantitative estimate of drug-likeness (QED) is 0.716. The topological polar surface area (TPSA) is 41.5 Å². The number of methoxy groups -OCH3 is 1. The molecular weight excluding hydrogens is 214 g/mol. The summed E-state index contributed by atoms with van der Waals surface area (Å²) < 4.78 is 5.34. The van der Waals surface area contributed by atoms with Crippen LogP contribution in [0.15, 0.2) is 18.2 Å². The lowest BCUT2D eigenvalue weighted by molar-refractivity contribution is 0.286. The van der Waals surface area contributed by atoms with Crippen LogP contribution in [0.4, 0.5) is 5.69 Å². The Morgan fingerprint density at radius 1 is 1.29 bits per heavy atom. The summed E-state index contributed by atoms with van der Waals surface area (Å²) in [5.74, 6) is 1.39. The first-order valence-corrected chi connectivity index (χ1v) is 6.21. The summed E-state index contributed by atoms with van der Waals surface area (Å²) in [6.45, 7) is 5.48. The third kappa shape index (κ3) is 4.27. The summed E-state index contributed by atoms with van der Waals surface area (Å²) in [5, 5.41) is 12.1. The van der Waals surface area contributed by atoms with Gasteiger partial charge in [0.1, 0.15) is 5.75 Å². The van der Waals surface area contributed by atoms with Gasteiger partial charge in [0.05, 0.1) is 7.11 Å². The number of benzene rings is 1. The zero-order chi connectivity index (χ0) is 12.7. The Bertz CT molecular complexity index is 337. The molecule has 3 nitrogen and oxygen atoms in total. The van der Waals surface area contributed by atoms with Gasteiger partial charge in [0, 0.05) is 18.8 Å². The standard InChI is InChI=1S/C14H23NO2/c1-11(2)13-10-12(6-7-14(13)17-3)15-8-4-5-9-16/h6-7,10-11,15-16H,4-5,8-9H2,1-3H3. The van der Waals surface area contributed by atoms with Crippen LogP contribution in [-0.2, 0) is 0 Å². The lowest BCUT2D eigenvalue weighted by atomic mass is 10.0. The molecule has 1 rings (SSSR count). The van der Waals surface area contributed by atoms with Crippen molar-refractivity contribution in [2.45, 2.75) is 32.6 Å². The lowest BCUT2D eigenvalue weighted by Gasteiger charge is -2.14. The molecule has 0 saturated carbocycles. The largest absolute Gasteiger partial charge is 0.496 e. The number of hydrogen-bond donors (Lipinski definition) is 2.